The Morgan fingerprint density at radius 3 is 2.70 bits per heavy atom. The summed E-state index contributed by atoms with van der Waals surface area (Å²) in [5.74, 6) is 0.595. The normalized spacial score (nSPS) is 25.6. The molecule has 5 rings (SSSR count). The van der Waals surface area contributed by atoms with Crippen LogP contribution < -0.4 is 9.64 Å². The van der Waals surface area contributed by atoms with Gasteiger partial charge >= 0.3 is 0 Å². The van der Waals surface area contributed by atoms with Crippen molar-refractivity contribution in [1.82, 2.24) is 19.7 Å². The number of aliphatic hydroxyl groups is 1. The van der Waals surface area contributed by atoms with Crippen LogP contribution in [0, 0.1) is 5.92 Å². The van der Waals surface area contributed by atoms with Crippen LogP contribution in [0.1, 0.15) is 19.8 Å². The number of rotatable bonds is 10. The SMILES string of the molecule is CC(=NCCCO)N1CCN(c2ccc(OCC3COC(Cn4cncn4)(C4CC=C(Cl)C=C4Cl)O3)cc2)CC1. The van der Waals surface area contributed by atoms with Gasteiger partial charge in [0, 0.05) is 55.1 Å². The van der Waals surface area contributed by atoms with Crippen LogP contribution in [0.2, 0.25) is 0 Å². The molecule has 10 nitrogen and oxygen atoms in total. The third kappa shape index (κ3) is 6.98. The number of aliphatic hydroxyl groups excluding tert-OH is 1. The fourth-order valence-corrected chi connectivity index (χ4v) is 5.88. The van der Waals surface area contributed by atoms with E-state index < -0.39 is 5.79 Å². The topological polar surface area (TPSA) is 97.5 Å². The minimum Gasteiger partial charge on any atom is -0.491 e. The summed E-state index contributed by atoms with van der Waals surface area (Å²) in [7, 11) is 0. The Morgan fingerprint density at radius 1 is 1.20 bits per heavy atom. The number of anilines is 1. The number of benzene rings is 1. The largest absolute Gasteiger partial charge is 0.491 e. The van der Waals surface area contributed by atoms with Gasteiger partial charge in [-0.2, -0.15) is 5.10 Å². The summed E-state index contributed by atoms with van der Waals surface area (Å²) < 4.78 is 20.6. The molecule has 1 aromatic heterocycles. The van der Waals surface area contributed by atoms with E-state index in [2.05, 4.69) is 37.0 Å². The van der Waals surface area contributed by atoms with Gasteiger partial charge in [0.15, 0.2) is 5.79 Å². The van der Waals surface area contributed by atoms with Crippen molar-refractivity contribution in [2.75, 3.05) is 57.4 Å². The molecule has 1 N–H and O–H groups in total. The maximum absolute atomic E-state index is 8.96. The molecule has 2 fully saturated rings. The maximum Gasteiger partial charge on any atom is 0.196 e. The molecule has 1 aliphatic carbocycles. The standard InChI is InChI=1S/C28H36Cl2N6O4/c1-21(32-9-2-14-37)34-10-12-35(13-11-34)23-4-6-24(7-5-23)38-16-25-17-39-28(40-25,18-36-20-31-19-33-36)26-8-3-22(29)15-27(26)30/h3-7,15,19-20,25-26,37H,2,8-14,16-18H2,1H3. The first-order valence-electron chi connectivity index (χ1n) is 13.7. The van der Waals surface area contributed by atoms with E-state index in [0.717, 1.165) is 37.8 Å². The van der Waals surface area contributed by atoms with E-state index in [4.69, 9.17) is 42.5 Å². The number of hydrogen-bond donors (Lipinski definition) is 1. The number of allylic oxidation sites excluding steroid dienone is 3. The summed E-state index contributed by atoms with van der Waals surface area (Å²) in [6, 6.07) is 8.18. The first-order valence-corrected chi connectivity index (χ1v) is 14.4. The van der Waals surface area contributed by atoms with E-state index >= 15 is 0 Å². The molecule has 1 aromatic carbocycles. The van der Waals surface area contributed by atoms with E-state index in [9.17, 15) is 0 Å². The molecule has 3 heterocycles. The summed E-state index contributed by atoms with van der Waals surface area (Å²) >= 11 is 12.8. The Morgan fingerprint density at radius 2 is 2.00 bits per heavy atom. The molecule has 216 valence electrons. The van der Waals surface area contributed by atoms with Crippen LogP contribution in [0.3, 0.4) is 0 Å². The number of halogens is 2. The summed E-state index contributed by atoms with van der Waals surface area (Å²) in [4.78, 5) is 13.3. The molecular formula is C28H36Cl2N6O4. The highest BCUT2D eigenvalue weighted by molar-refractivity contribution is 6.35. The van der Waals surface area contributed by atoms with Gasteiger partial charge in [0.25, 0.3) is 0 Å². The molecule has 3 unspecified atom stereocenters. The van der Waals surface area contributed by atoms with Crippen LogP contribution in [0.25, 0.3) is 0 Å². The van der Waals surface area contributed by atoms with Crippen LogP contribution in [-0.2, 0) is 16.0 Å². The van der Waals surface area contributed by atoms with E-state index in [1.54, 1.807) is 17.1 Å². The summed E-state index contributed by atoms with van der Waals surface area (Å²) in [5.41, 5.74) is 1.17. The molecule has 0 amide bonds. The minimum absolute atomic E-state index is 0.178. The smallest absolute Gasteiger partial charge is 0.196 e. The van der Waals surface area contributed by atoms with Gasteiger partial charge in [0.2, 0.25) is 0 Å². The number of amidine groups is 1. The average Bonchev–Trinajstić information content (AvgIpc) is 3.63. The average molecular weight is 592 g/mol. The van der Waals surface area contributed by atoms with E-state index in [-0.39, 0.29) is 18.6 Å². The molecule has 2 saturated heterocycles. The molecule has 3 aliphatic rings. The Hall–Kier alpha value is -2.63. The highest BCUT2D eigenvalue weighted by atomic mass is 35.5. The van der Waals surface area contributed by atoms with Gasteiger partial charge in [-0.3, -0.25) is 4.99 Å². The van der Waals surface area contributed by atoms with Crippen molar-refractivity contribution in [3.05, 3.63) is 59.1 Å². The van der Waals surface area contributed by atoms with E-state index in [1.807, 2.05) is 25.1 Å². The predicted molar refractivity (Wildman–Crippen MR) is 155 cm³/mol. The number of aromatic nitrogens is 3. The molecular weight excluding hydrogens is 555 g/mol. The number of aliphatic imine (C=N–C) groups is 1. The van der Waals surface area contributed by atoms with Crippen molar-refractivity contribution >= 4 is 34.7 Å². The second-order valence-corrected chi connectivity index (χ2v) is 11.0. The van der Waals surface area contributed by atoms with Gasteiger partial charge in [-0.05, 0) is 50.1 Å². The van der Waals surface area contributed by atoms with Gasteiger partial charge in [-0.1, -0.05) is 29.3 Å². The zero-order valence-electron chi connectivity index (χ0n) is 22.7. The maximum atomic E-state index is 8.96. The van der Waals surface area contributed by atoms with Gasteiger partial charge < -0.3 is 29.1 Å². The zero-order valence-corrected chi connectivity index (χ0v) is 24.2. The highest BCUT2D eigenvalue weighted by Crippen LogP contribution is 2.43. The molecule has 0 radical (unpaired) electrons. The van der Waals surface area contributed by atoms with Gasteiger partial charge in [-0.25, -0.2) is 9.67 Å². The lowest BCUT2D eigenvalue weighted by Crippen LogP contribution is -2.48. The second kappa shape index (κ2) is 13.4. The van der Waals surface area contributed by atoms with Crippen molar-refractivity contribution in [3.8, 4) is 5.75 Å². The summed E-state index contributed by atoms with van der Waals surface area (Å²) in [6.45, 7) is 7.64. The van der Waals surface area contributed by atoms with Gasteiger partial charge in [-0.15, -0.1) is 0 Å². The number of ether oxygens (including phenoxy) is 3. The Bertz CT molecular complexity index is 1200. The van der Waals surface area contributed by atoms with Crippen molar-refractivity contribution in [2.24, 2.45) is 10.9 Å². The fraction of sp³-hybridized carbons (Fsp3) is 0.536. The van der Waals surface area contributed by atoms with Crippen molar-refractivity contribution in [1.29, 1.82) is 0 Å². The monoisotopic (exact) mass is 590 g/mol. The predicted octanol–water partition coefficient (Wildman–Crippen LogP) is 3.66. The molecule has 0 spiro atoms. The van der Waals surface area contributed by atoms with Crippen LogP contribution in [0.5, 0.6) is 5.75 Å². The van der Waals surface area contributed by atoms with Crippen LogP contribution in [-0.4, -0.2) is 95.0 Å². The van der Waals surface area contributed by atoms with Crippen LogP contribution in [0.4, 0.5) is 5.69 Å². The zero-order chi connectivity index (χ0) is 28.0. The van der Waals surface area contributed by atoms with Crippen molar-refractivity contribution in [3.63, 3.8) is 0 Å². The quantitative estimate of drug-likeness (QED) is 0.254. The Balaban J connectivity index is 1.14. The molecule has 12 heteroatoms. The van der Waals surface area contributed by atoms with Gasteiger partial charge in [0.05, 0.1) is 24.9 Å². The van der Waals surface area contributed by atoms with E-state index in [0.29, 0.717) is 49.2 Å². The number of hydrogen-bond acceptors (Lipinski definition) is 8. The Kier molecular flexibility index (Phi) is 9.64. The third-order valence-corrected chi connectivity index (χ3v) is 8.08. The van der Waals surface area contributed by atoms with E-state index in [1.165, 1.54) is 12.0 Å². The molecule has 0 bridgehead atoms. The fourth-order valence-electron chi connectivity index (χ4n) is 5.25. The summed E-state index contributed by atoms with van der Waals surface area (Å²) in [6.07, 6.45) is 7.82. The number of piperazine rings is 1. The molecule has 2 aliphatic heterocycles. The molecule has 3 atom stereocenters. The van der Waals surface area contributed by atoms with Gasteiger partial charge in [0.1, 0.15) is 31.1 Å². The van der Waals surface area contributed by atoms with Crippen LogP contribution in [0.15, 0.2) is 64.1 Å². The third-order valence-electron chi connectivity index (χ3n) is 7.45. The first-order chi connectivity index (χ1) is 19.5. The lowest BCUT2D eigenvalue weighted by molar-refractivity contribution is -0.207. The van der Waals surface area contributed by atoms with Crippen molar-refractivity contribution < 1.29 is 19.3 Å². The van der Waals surface area contributed by atoms with Crippen LogP contribution >= 0.6 is 23.2 Å². The summed E-state index contributed by atoms with van der Waals surface area (Å²) in [5, 5.41) is 14.4. The number of nitrogens with zero attached hydrogens (tertiary/aromatic N) is 6. The minimum atomic E-state index is -1.00. The first kappa shape index (κ1) is 28.9. The lowest BCUT2D eigenvalue weighted by atomic mass is 9.90. The lowest BCUT2D eigenvalue weighted by Gasteiger charge is -2.37. The highest BCUT2D eigenvalue weighted by Gasteiger charge is 2.50. The van der Waals surface area contributed by atoms with Crippen molar-refractivity contribution in [2.45, 2.75) is 38.2 Å². The Labute approximate surface area is 244 Å². The molecule has 0 saturated carbocycles. The second-order valence-electron chi connectivity index (χ2n) is 10.1. The molecule has 40 heavy (non-hydrogen) atoms. The molecule has 2 aromatic rings.